The number of aliphatic hydroxyl groups is 1. The minimum absolute atomic E-state index is 0.420. The average molecular weight is 225 g/mol. The van der Waals surface area contributed by atoms with Crippen molar-refractivity contribution in [3.63, 3.8) is 0 Å². The molecule has 2 aliphatic carbocycles. The number of hydrogen-bond acceptors (Lipinski definition) is 2. The molecule has 2 heteroatoms. The fourth-order valence-corrected chi connectivity index (χ4v) is 3.89. The molecule has 0 aliphatic heterocycles. The lowest BCUT2D eigenvalue weighted by Gasteiger charge is -2.40. The Bertz CT molecular complexity index is 279. The summed E-state index contributed by atoms with van der Waals surface area (Å²) in [5.41, 5.74) is 0.287. The molecule has 0 radical (unpaired) electrons. The van der Waals surface area contributed by atoms with Gasteiger partial charge < -0.3 is 10.4 Å². The van der Waals surface area contributed by atoms with Gasteiger partial charge in [-0.1, -0.05) is 20.8 Å². The molecule has 2 nitrogen and oxygen atoms in total. The summed E-state index contributed by atoms with van der Waals surface area (Å²) < 4.78 is 0. The Morgan fingerprint density at radius 2 is 1.94 bits per heavy atom. The van der Waals surface area contributed by atoms with Crippen molar-refractivity contribution in [1.29, 1.82) is 0 Å². The van der Waals surface area contributed by atoms with Gasteiger partial charge in [-0.25, -0.2) is 0 Å². The van der Waals surface area contributed by atoms with Crippen LogP contribution in [0.25, 0.3) is 0 Å². The van der Waals surface area contributed by atoms with E-state index in [-0.39, 0.29) is 0 Å². The van der Waals surface area contributed by atoms with Crippen molar-refractivity contribution >= 4 is 0 Å². The molecule has 16 heavy (non-hydrogen) atoms. The van der Waals surface area contributed by atoms with E-state index in [0.717, 1.165) is 5.92 Å². The van der Waals surface area contributed by atoms with Crippen LogP contribution in [-0.4, -0.2) is 23.3 Å². The second-order valence-electron chi connectivity index (χ2n) is 7.36. The molecule has 2 fully saturated rings. The van der Waals surface area contributed by atoms with Gasteiger partial charge in [0.2, 0.25) is 0 Å². The van der Waals surface area contributed by atoms with E-state index in [1.54, 1.807) is 0 Å². The highest BCUT2D eigenvalue weighted by molar-refractivity contribution is 5.13. The summed E-state index contributed by atoms with van der Waals surface area (Å²) in [4.78, 5) is 0. The summed E-state index contributed by atoms with van der Waals surface area (Å²) in [6.45, 7) is 11.7. The minimum Gasteiger partial charge on any atom is -0.389 e. The molecule has 0 aromatic heterocycles. The Hall–Kier alpha value is -0.0800. The molecule has 0 spiro atoms. The third-order valence-electron chi connectivity index (χ3n) is 5.58. The standard InChI is InChI=1S/C14H27NO/c1-12(2,16)9-15-11-8-10-6-7-14(11,5)13(10,3)4/h10-11,15-16H,6-9H2,1-5H3. The Kier molecular flexibility index (Phi) is 2.67. The number of fused-ring (bicyclic) bond motifs is 2. The normalized spacial score (nSPS) is 41.6. The monoisotopic (exact) mass is 225 g/mol. The lowest BCUT2D eigenvalue weighted by Crippen LogP contribution is -2.48. The number of hydrogen-bond donors (Lipinski definition) is 2. The Morgan fingerprint density at radius 3 is 2.31 bits per heavy atom. The molecule has 0 heterocycles. The topological polar surface area (TPSA) is 32.3 Å². The third kappa shape index (κ3) is 1.70. The molecule has 2 N–H and O–H groups in total. The fourth-order valence-electron chi connectivity index (χ4n) is 3.89. The zero-order chi connectivity index (χ0) is 12.2. The first-order valence-corrected chi connectivity index (χ1v) is 6.63. The smallest absolute Gasteiger partial charge is 0.0715 e. The summed E-state index contributed by atoms with van der Waals surface area (Å²) in [7, 11) is 0. The molecular formula is C14H27NO. The molecule has 0 aromatic carbocycles. The van der Waals surface area contributed by atoms with Crippen LogP contribution in [0.4, 0.5) is 0 Å². The molecule has 2 bridgehead atoms. The van der Waals surface area contributed by atoms with Gasteiger partial charge in [0.1, 0.15) is 0 Å². The summed E-state index contributed by atoms with van der Waals surface area (Å²) >= 11 is 0. The summed E-state index contributed by atoms with van der Waals surface area (Å²) in [5, 5.41) is 13.4. The zero-order valence-electron chi connectivity index (χ0n) is 11.4. The van der Waals surface area contributed by atoms with Crippen molar-refractivity contribution in [1.82, 2.24) is 5.32 Å². The van der Waals surface area contributed by atoms with Gasteiger partial charge in [-0.05, 0) is 49.9 Å². The molecule has 2 saturated carbocycles. The molecule has 2 aliphatic rings. The summed E-state index contributed by atoms with van der Waals surface area (Å²) in [6.07, 6.45) is 4.03. The summed E-state index contributed by atoms with van der Waals surface area (Å²) in [6, 6.07) is 0.590. The average Bonchev–Trinajstić information content (AvgIpc) is 2.45. The van der Waals surface area contributed by atoms with Gasteiger partial charge in [-0.15, -0.1) is 0 Å². The van der Waals surface area contributed by atoms with E-state index in [0.29, 0.717) is 23.4 Å². The molecule has 0 aromatic rings. The van der Waals surface area contributed by atoms with Crippen molar-refractivity contribution in [3.05, 3.63) is 0 Å². The molecule has 94 valence electrons. The van der Waals surface area contributed by atoms with Gasteiger partial charge in [0.25, 0.3) is 0 Å². The molecular weight excluding hydrogens is 198 g/mol. The van der Waals surface area contributed by atoms with Crippen LogP contribution in [0.1, 0.15) is 53.9 Å². The predicted octanol–water partition coefficient (Wildman–Crippen LogP) is 2.56. The molecule has 3 unspecified atom stereocenters. The van der Waals surface area contributed by atoms with Crippen LogP contribution in [0, 0.1) is 16.7 Å². The van der Waals surface area contributed by atoms with Crippen LogP contribution in [0.5, 0.6) is 0 Å². The van der Waals surface area contributed by atoms with Crippen LogP contribution < -0.4 is 5.32 Å². The van der Waals surface area contributed by atoms with E-state index < -0.39 is 5.60 Å². The SMILES string of the molecule is CC(C)(O)CNC1CC2CCC1(C)C2(C)C. The van der Waals surface area contributed by atoms with E-state index in [4.69, 9.17) is 0 Å². The van der Waals surface area contributed by atoms with Crippen molar-refractivity contribution in [2.75, 3.05) is 6.54 Å². The van der Waals surface area contributed by atoms with Crippen LogP contribution in [0.2, 0.25) is 0 Å². The van der Waals surface area contributed by atoms with E-state index >= 15 is 0 Å². The second-order valence-corrected chi connectivity index (χ2v) is 7.36. The van der Waals surface area contributed by atoms with Crippen LogP contribution in [0.15, 0.2) is 0 Å². The molecule has 0 amide bonds. The highest BCUT2D eigenvalue weighted by Crippen LogP contribution is 2.65. The zero-order valence-corrected chi connectivity index (χ0v) is 11.4. The first-order chi connectivity index (χ1) is 7.17. The van der Waals surface area contributed by atoms with E-state index in [1.807, 2.05) is 13.8 Å². The molecule has 0 saturated heterocycles. The maximum absolute atomic E-state index is 9.80. The third-order valence-corrected chi connectivity index (χ3v) is 5.58. The lowest BCUT2D eigenvalue weighted by molar-refractivity contribution is 0.0597. The molecule has 2 rings (SSSR count). The van der Waals surface area contributed by atoms with Gasteiger partial charge >= 0.3 is 0 Å². The fraction of sp³-hybridized carbons (Fsp3) is 1.00. The maximum Gasteiger partial charge on any atom is 0.0715 e. The first-order valence-electron chi connectivity index (χ1n) is 6.63. The Labute approximate surface area is 99.8 Å². The number of nitrogens with one attached hydrogen (secondary N) is 1. The maximum atomic E-state index is 9.80. The van der Waals surface area contributed by atoms with Crippen LogP contribution >= 0.6 is 0 Å². The van der Waals surface area contributed by atoms with Crippen molar-refractivity contribution in [2.45, 2.75) is 65.5 Å². The quantitative estimate of drug-likeness (QED) is 0.773. The minimum atomic E-state index is -0.595. The van der Waals surface area contributed by atoms with Crippen molar-refractivity contribution in [2.24, 2.45) is 16.7 Å². The highest BCUT2D eigenvalue weighted by Gasteiger charge is 2.61. The van der Waals surface area contributed by atoms with Gasteiger partial charge in [0.05, 0.1) is 5.60 Å². The van der Waals surface area contributed by atoms with Crippen LogP contribution in [0.3, 0.4) is 0 Å². The largest absolute Gasteiger partial charge is 0.389 e. The Morgan fingerprint density at radius 1 is 1.31 bits per heavy atom. The number of rotatable bonds is 3. The Balaban J connectivity index is 2.05. The second kappa shape index (κ2) is 3.46. The van der Waals surface area contributed by atoms with Crippen molar-refractivity contribution in [3.8, 4) is 0 Å². The highest BCUT2D eigenvalue weighted by atomic mass is 16.3. The lowest BCUT2D eigenvalue weighted by atomic mass is 9.69. The molecule has 3 atom stereocenters. The first kappa shape index (κ1) is 12.4. The van der Waals surface area contributed by atoms with Crippen molar-refractivity contribution < 1.29 is 5.11 Å². The van der Waals surface area contributed by atoms with Gasteiger partial charge in [-0.3, -0.25) is 0 Å². The van der Waals surface area contributed by atoms with Gasteiger partial charge in [-0.2, -0.15) is 0 Å². The van der Waals surface area contributed by atoms with Gasteiger partial charge in [0.15, 0.2) is 0 Å². The summed E-state index contributed by atoms with van der Waals surface area (Å²) in [5.74, 6) is 0.872. The van der Waals surface area contributed by atoms with E-state index in [2.05, 4.69) is 26.1 Å². The van der Waals surface area contributed by atoms with E-state index in [9.17, 15) is 5.11 Å². The predicted molar refractivity (Wildman–Crippen MR) is 67.3 cm³/mol. The van der Waals surface area contributed by atoms with E-state index in [1.165, 1.54) is 19.3 Å². The van der Waals surface area contributed by atoms with Crippen LogP contribution in [-0.2, 0) is 0 Å². The van der Waals surface area contributed by atoms with Gasteiger partial charge in [0, 0.05) is 12.6 Å².